The molecule has 0 bridgehead atoms. The molecule has 0 atom stereocenters. The Morgan fingerprint density at radius 2 is 1.74 bits per heavy atom. The van der Waals surface area contributed by atoms with Crippen LogP contribution in [0.1, 0.15) is 27.8 Å². The first-order chi connectivity index (χ1) is 18.4. The Bertz CT molecular complexity index is 1790. The van der Waals surface area contributed by atoms with Gasteiger partial charge >= 0.3 is 5.69 Å². The lowest BCUT2D eigenvalue weighted by Gasteiger charge is -2.16. The lowest BCUT2D eigenvalue weighted by Crippen LogP contribution is -2.17. The molecule has 0 saturated heterocycles. The Hall–Kier alpha value is -4.56. The van der Waals surface area contributed by atoms with Crippen LogP contribution in [0.3, 0.4) is 0 Å². The van der Waals surface area contributed by atoms with Gasteiger partial charge < -0.3 is 5.32 Å². The van der Waals surface area contributed by atoms with Crippen LogP contribution < -0.4 is 11.0 Å². The molecule has 0 fully saturated rings. The Labute approximate surface area is 222 Å². The number of hydrogen-bond donors (Lipinski definition) is 2. The van der Waals surface area contributed by atoms with Crippen molar-refractivity contribution >= 4 is 28.7 Å². The van der Waals surface area contributed by atoms with Gasteiger partial charge in [-0.1, -0.05) is 35.9 Å². The summed E-state index contributed by atoms with van der Waals surface area (Å²) in [5.74, 6) is -0.310. The maximum absolute atomic E-state index is 15.0. The highest BCUT2D eigenvalue weighted by molar-refractivity contribution is 6.31. The number of aromatic nitrogens is 4. The fourth-order valence-electron chi connectivity index (χ4n) is 4.88. The summed E-state index contributed by atoms with van der Waals surface area (Å²) < 4.78 is 16.2. The molecule has 9 heteroatoms. The fraction of sp³-hybridized carbons (Fsp3) is 0.103. The number of halogens is 2. The lowest BCUT2D eigenvalue weighted by atomic mass is 9.90. The van der Waals surface area contributed by atoms with E-state index in [4.69, 9.17) is 16.6 Å². The van der Waals surface area contributed by atoms with Gasteiger partial charge in [-0.2, -0.15) is 4.68 Å². The van der Waals surface area contributed by atoms with E-state index in [0.717, 1.165) is 44.8 Å². The first-order valence-corrected chi connectivity index (χ1v) is 12.4. The molecular formula is C29H22ClFN6O. The van der Waals surface area contributed by atoms with Crippen LogP contribution in [0, 0.1) is 19.7 Å². The number of fused-ring (bicyclic) bond motifs is 3. The van der Waals surface area contributed by atoms with Gasteiger partial charge in [0.15, 0.2) is 0 Å². The Morgan fingerprint density at radius 3 is 2.50 bits per heavy atom. The molecule has 0 amide bonds. The molecule has 0 saturated carbocycles. The van der Waals surface area contributed by atoms with E-state index in [1.54, 1.807) is 6.07 Å². The number of nitrogens with one attached hydrogen (secondary N) is 2. The van der Waals surface area contributed by atoms with E-state index in [9.17, 15) is 4.79 Å². The van der Waals surface area contributed by atoms with E-state index in [-0.39, 0.29) is 5.82 Å². The Kier molecular flexibility index (Phi) is 5.88. The number of anilines is 2. The van der Waals surface area contributed by atoms with Crippen molar-refractivity contribution in [1.29, 1.82) is 0 Å². The monoisotopic (exact) mass is 524 g/mol. The number of rotatable bonds is 4. The molecular weight excluding hydrogens is 503 g/mol. The summed E-state index contributed by atoms with van der Waals surface area (Å²) in [7, 11) is 0. The molecule has 6 rings (SSSR count). The molecule has 0 spiro atoms. The molecule has 2 heterocycles. The first kappa shape index (κ1) is 23.8. The summed E-state index contributed by atoms with van der Waals surface area (Å²) in [5.41, 5.74) is 8.49. The van der Waals surface area contributed by atoms with E-state index in [2.05, 4.69) is 26.9 Å². The van der Waals surface area contributed by atoms with Crippen molar-refractivity contribution in [1.82, 2.24) is 20.2 Å². The number of H-pyrrole nitrogens is 1. The third-order valence-electron chi connectivity index (χ3n) is 6.69. The summed E-state index contributed by atoms with van der Waals surface area (Å²) >= 11 is 6.41. The van der Waals surface area contributed by atoms with E-state index >= 15 is 4.39 Å². The minimum atomic E-state index is -0.398. The van der Waals surface area contributed by atoms with Crippen molar-refractivity contribution in [2.24, 2.45) is 4.99 Å². The zero-order valence-corrected chi connectivity index (χ0v) is 21.3. The van der Waals surface area contributed by atoms with Crippen LogP contribution in [-0.2, 0) is 6.54 Å². The van der Waals surface area contributed by atoms with Gasteiger partial charge in [0.25, 0.3) is 0 Å². The predicted molar refractivity (Wildman–Crippen MR) is 147 cm³/mol. The number of aromatic amines is 1. The van der Waals surface area contributed by atoms with Gasteiger partial charge in [-0.3, -0.25) is 4.99 Å². The van der Waals surface area contributed by atoms with Crippen LogP contribution in [0.15, 0.2) is 82.6 Å². The van der Waals surface area contributed by atoms with E-state index in [0.29, 0.717) is 28.5 Å². The Balaban J connectivity index is 1.40. The van der Waals surface area contributed by atoms with Gasteiger partial charge in [-0.05, 0) is 101 Å². The number of aryl methyl sites for hydroxylation is 2. The van der Waals surface area contributed by atoms with E-state index in [1.807, 2.05) is 68.4 Å². The molecule has 0 aliphatic carbocycles. The highest BCUT2D eigenvalue weighted by atomic mass is 35.5. The topological polar surface area (TPSA) is 88.0 Å². The number of benzene rings is 4. The molecule has 1 aromatic heterocycles. The highest BCUT2D eigenvalue weighted by Crippen LogP contribution is 2.37. The van der Waals surface area contributed by atoms with Crippen molar-refractivity contribution in [3.63, 3.8) is 0 Å². The first-order valence-electron chi connectivity index (χ1n) is 12.0. The average Bonchev–Trinajstić information content (AvgIpc) is 3.25. The van der Waals surface area contributed by atoms with Crippen molar-refractivity contribution in [3.8, 4) is 16.8 Å². The second-order valence-electron chi connectivity index (χ2n) is 9.20. The minimum Gasteiger partial charge on any atom is -0.355 e. The summed E-state index contributed by atoms with van der Waals surface area (Å²) in [6.45, 7) is 4.20. The largest absolute Gasteiger partial charge is 0.365 e. The van der Waals surface area contributed by atoms with Crippen molar-refractivity contribution in [3.05, 3.63) is 122 Å². The van der Waals surface area contributed by atoms with Gasteiger partial charge in [0.2, 0.25) is 0 Å². The molecule has 4 aromatic carbocycles. The second kappa shape index (κ2) is 9.39. The smallest absolute Gasteiger partial charge is 0.355 e. The van der Waals surface area contributed by atoms with Crippen molar-refractivity contribution in [2.45, 2.75) is 20.4 Å². The number of hydrogen-bond acceptors (Lipinski definition) is 5. The quantitative estimate of drug-likeness (QED) is 0.296. The summed E-state index contributed by atoms with van der Waals surface area (Å²) in [6.07, 6.45) is 0. The van der Waals surface area contributed by atoms with Gasteiger partial charge in [-0.25, -0.2) is 14.3 Å². The second-order valence-corrected chi connectivity index (χ2v) is 9.64. The third-order valence-corrected chi connectivity index (χ3v) is 6.92. The molecule has 38 heavy (non-hydrogen) atoms. The van der Waals surface area contributed by atoms with Crippen molar-refractivity contribution in [2.75, 3.05) is 5.32 Å². The number of nitrogens with zero attached hydrogens (tertiary/aromatic N) is 4. The summed E-state index contributed by atoms with van der Waals surface area (Å²) in [5, 5.41) is 13.7. The number of aliphatic imine (C=N–C) groups is 1. The third kappa shape index (κ3) is 4.18. The maximum Gasteiger partial charge on any atom is 0.365 e. The lowest BCUT2D eigenvalue weighted by molar-refractivity contribution is 0.624. The molecule has 0 radical (unpaired) electrons. The zero-order valence-electron chi connectivity index (χ0n) is 20.6. The molecule has 2 N–H and O–H groups in total. The van der Waals surface area contributed by atoms with Gasteiger partial charge in [0.05, 0.1) is 17.9 Å². The minimum absolute atomic E-state index is 0.310. The molecule has 7 nitrogen and oxygen atoms in total. The van der Waals surface area contributed by atoms with Crippen LogP contribution in [0.2, 0.25) is 5.02 Å². The number of tetrazole rings is 1. The van der Waals surface area contributed by atoms with Crippen LogP contribution in [0.4, 0.5) is 15.8 Å². The van der Waals surface area contributed by atoms with E-state index in [1.165, 1.54) is 10.7 Å². The SMILES string of the molecule is Cc1cc(Nc2ccc3c(c2)-c2ccc(Cl)cc2C(c2c(C)cccc2F)=NC3)ccc1-n1nn[nH]c1=O. The highest BCUT2D eigenvalue weighted by Gasteiger charge is 2.23. The normalized spacial score (nSPS) is 12.4. The zero-order chi connectivity index (χ0) is 26.4. The Morgan fingerprint density at radius 1 is 0.921 bits per heavy atom. The van der Waals surface area contributed by atoms with Gasteiger partial charge in [0, 0.05) is 27.5 Å². The average molecular weight is 525 g/mol. The molecule has 188 valence electrons. The van der Waals surface area contributed by atoms with Crippen LogP contribution in [0.25, 0.3) is 16.8 Å². The standard InChI is InChI=1S/C29H22ClFN6O/c1-16-4-3-5-25(31)27(16)28-24-13-19(30)7-10-22(24)23-14-21(8-6-18(23)15-32-28)33-20-9-11-26(17(2)12-20)37-29(38)34-35-36-37/h3-14,33H,15H2,1-2H3,(H,34,36,38). The summed E-state index contributed by atoms with van der Waals surface area (Å²) in [4.78, 5) is 16.8. The van der Waals surface area contributed by atoms with Gasteiger partial charge in [-0.15, -0.1) is 0 Å². The van der Waals surface area contributed by atoms with Gasteiger partial charge in [0.1, 0.15) is 5.82 Å². The molecule has 1 aliphatic heterocycles. The van der Waals surface area contributed by atoms with Crippen LogP contribution in [-0.4, -0.2) is 25.9 Å². The van der Waals surface area contributed by atoms with Crippen molar-refractivity contribution < 1.29 is 4.39 Å². The predicted octanol–water partition coefficient (Wildman–Crippen LogP) is 6.13. The molecule has 1 aliphatic rings. The van der Waals surface area contributed by atoms with Crippen LogP contribution >= 0.6 is 11.6 Å². The molecule has 0 unspecified atom stereocenters. The fourth-order valence-corrected chi connectivity index (χ4v) is 5.05. The van der Waals surface area contributed by atoms with Crippen LogP contribution in [0.5, 0.6) is 0 Å². The maximum atomic E-state index is 15.0. The summed E-state index contributed by atoms with van der Waals surface area (Å²) in [6, 6.07) is 22.4. The molecule has 5 aromatic rings. The van der Waals surface area contributed by atoms with E-state index < -0.39 is 5.69 Å².